The molecule has 0 fully saturated rings. The monoisotopic (exact) mass is 249 g/mol. The lowest BCUT2D eigenvalue weighted by Gasteiger charge is -2.37. The molecule has 2 N–H and O–H groups in total. The SMILES string of the molecule is CC(C)(O)CN1Cc2ccccc2CC1C(=O)O. The van der Waals surface area contributed by atoms with Gasteiger partial charge < -0.3 is 10.2 Å². The van der Waals surface area contributed by atoms with Gasteiger partial charge in [-0.2, -0.15) is 0 Å². The van der Waals surface area contributed by atoms with Crippen molar-refractivity contribution >= 4 is 5.97 Å². The van der Waals surface area contributed by atoms with E-state index in [0.29, 0.717) is 19.5 Å². The molecule has 98 valence electrons. The maximum Gasteiger partial charge on any atom is 0.321 e. The Morgan fingerprint density at radius 3 is 2.56 bits per heavy atom. The van der Waals surface area contributed by atoms with Crippen molar-refractivity contribution in [2.45, 2.75) is 38.5 Å². The lowest BCUT2D eigenvalue weighted by atomic mass is 9.93. The van der Waals surface area contributed by atoms with Gasteiger partial charge in [0.15, 0.2) is 0 Å². The van der Waals surface area contributed by atoms with Gasteiger partial charge in [-0.25, -0.2) is 0 Å². The summed E-state index contributed by atoms with van der Waals surface area (Å²) in [4.78, 5) is 13.2. The third kappa shape index (κ3) is 2.89. The summed E-state index contributed by atoms with van der Waals surface area (Å²) < 4.78 is 0. The van der Waals surface area contributed by atoms with Gasteiger partial charge in [0.2, 0.25) is 0 Å². The zero-order chi connectivity index (χ0) is 13.3. The summed E-state index contributed by atoms with van der Waals surface area (Å²) in [6.45, 7) is 4.34. The number of hydrogen-bond acceptors (Lipinski definition) is 3. The Morgan fingerprint density at radius 2 is 2.00 bits per heavy atom. The number of β-amino-alcohol motifs (C(OH)–C–C–N with tert-alkyl or cyclic N) is 1. The number of carboxylic acid groups (broad SMARTS) is 1. The predicted octanol–water partition coefficient (Wildman–Crippen LogP) is 1.27. The van der Waals surface area contributed by atoms with Gasteiger partial charge in [0.05, 0.1) is 5.60 Å². The molecule has 0 radical (unpaired) electrons. The van der Waals surface area contributed by atoms with Crippen LogP contribution in [0.1, 0.15) is 25.0 Å². The fourth-order valence-electron chi connectivity index (χ4n) is 2.48. The number of aliphatic hydroxyl groups is 1. The third-order valence-electron chi connectivity index (χ3n) is 3.22. The van der Waals surface area contributed by atoms with E-state index in [1.54, 1.807) is 13.8 Å². The number of carbonyl (C=O) groups is 1. The van der Waals surface area contributed by atoms with E-state index in [0.717, 1.165) is 11.1 Å². The second-order valence-electron chi connectivity index (χ2n) is 5.54. The molecule has 1 unspecified atom stereocenters. The van der Waals surface area contributed by atoms with Crippen molar-refractivity contribution in [1.29, 1.82) is 0 Å². The zero-order valence-corrected chi connectivity index (χ0v) is 10.8. The Hall–Kier alpha value is -1.39. The molecule has 18 heavy (non-hydrogen) atoms. The molecule has 2 rings (SSSR count). The lowest BCUT2D eigenvalue weighted by Crippen LogP contribution is -2.50. The minimum absolute atomic E-state index is 0.359. The van der Waals surface area contributed by atoms with Crippen molar-refractivity contribution in [3.63, 3.8) is 0 Å². The van der Waals surface area contributed by atoms with Gasteiger partial charge in [-0.05, 0) is 31.4 Å². The van der Waals surface area contributed by atoms with E-state index >= 15 is 0 Å². The highest BCUT2D eigenvalue weighted by atomic mass is 16.4. The zero-order valence-electron chi connectivity index (χ0n) is 10.8. The van der Waals surface area contributed by atoms with Gasteiger partial charge in [0.25, 0.3) is 0 Å². The normalized spacial score (nSPS) is 20.5. The molecule has 1 aromatic rings. The molecule has 4 heteroatoms. The van der Waals surface area contributed by atoms with Crippen LogP contribution in [0.5, 0.6) is 0 Å². The summed E-state index contributed by atoms with van der Waals surface area (Å²) in [5.74, 6) is -0.825. The Labute approximate surface area is 107 Å². The largest absolute Gasteiger partial charge is 0.480 e. The van der Waals surface area contributed by atoms with Gasteiger partial charge in [-0.1, -0.05) is 24.3 Å². The fraction of sp³-hybridized carbons (Fsp3) is 0.500. The fourth-order valence-corrected chi connectivity index (χ4v) is 2.48. The van der Waals surface area contributed by atoms with Gasteiger partial charge in [-0.3, -0.25) is 9.69 Å². The minimum atomic E-state index is -0.889. The average molecular weight is 249 g/mol. The van der Waals surface area contributed by atoms with E-state index < -0.39 is 17.6 Å². The van der Waals surface area contributed by atoms with Crippen molar-refractivity contribution in [1.82, 2.24) is 4.90 Å². The van der Waals surface area contributed by atoms with Gasteiger partial charge >= 0.3 is 5.97 Å². The van der Waals surface area contributed by atoms with E-state index in [1.807, 2.05) is 29.2 Å². The molecule has 1 atom stereocenters. The lowest BCUT2D eigenvalue weighted by molar-refractivity contribution is -0.145. The Balaban J connectivity index is 2.26. The molecule has 1 aromatic carbocycles. The van der Waals surface area contributed by atoms with E-state index in [4.69, 9.17) is 0 Å². The molecule has 0 aromatic heterocycles. The van der Waals surface area contributed by atoms with Crippen molar-refractivity contribution in [3.8, 4) is 0 Å². The van der Waals surface area contributed by atoms with E-state index in [2.05, 4.69) is 0 Å². The maximum atomic E-state index is 11.3. The first kappa shape index (κ1) is 13.1. The number of aliphatic carboxylic acids is 1. The first-order valence-corrected chi connectivity index (χ1v) is 6.13. The van der Waals surface area contributed by atoms with Crippen LogP contribution in [-0.2, 0) is 17.8 Å². The van der Waals surface area contributed by atoms with Crippen LogP contribution in [0.25, 0.3) is 0 Å². The molecule has 0 spiro atoms. The molecular formula is C14H19NO3. The van der Waals surface area contributed by atoms with Crippen LogP contribution in [0.3, 0.4) is 0 Å². The maximum absolute atomic E-state index is 11.3. The van der Waals surface area contributed by atoms with Crippen molar-refractivity contribution in [3.05, 3.63) is 35.4 Å². The topological polar surface area (TPSA) is 60.8 Å². The number of benzene rings is 1. The highest BCUT2D eigenvalue weighted by Gasteiger charge is 2.33. The highest BCUT2D eigenvalue weighted by Crippen LogP contribution is 2.24. The molecule has 0 aliphatic carbocycles. The van der Waals surface area contributed by atoms with Gasteiger partial charge in [-0.15, -0.1) is 0 Å². The van der Waals surface area contributed by atoms with Gasteiger partial charge in [0, 0.05) is 13.1 Å². The van der Waals surface area contributed by atoms with Crippen molar-refractivity contribution in [2.24, 2.45) is 0 Å². The molecule has 1 aliphatic rings. The number of rotatable bonds is 3. The molecule has 0 saturated carbocycles. The van der Waals surface area contributed by atoms with E-state index in [9.17, 15) is 15.0 Å². The van der Waals surface area contributed by atoms with Crippen LogP contribution in [0.15, 0.2) is 24.3 Å². The average Bonchev–Trinajstić information content (AvgIpc) is 2.25. The number of hydrogen-bond donors (Lipinski definition) is 2. The van der Waals surface area contributed by atoms with Crippen molar-refractivity contribution in [2.75, 3.05) is 6.54 Å². The van der Waals surface area contributed by atoms with Crippen LogP contribution in [0, 0.1) is 0 Å². The predicted molar refractivity (Wildman–Crippen MR) is 68.3 cm³/mol. The first-order valence-electron chi connectivity index (χ1n) is 6.13. The third-order valence-corrected chi connectivity index (χ3v) is 3.22. The summed E-state index contributed by atoms with van der Waals surface area (Å²) in [6, 6.07) is 7.34. The molecule has 0 bridgehead atoms. The van der Waals surface area contributed by atoms with Crippen LogP contribution in [-0.4, -0.2) is 39.3 Å². The van der Waals surface area contributed by atoms with Crippen LogP contribution in [0.2, 0.25) is 0 Å². The molecule has 1 heterocycles. The standard InChI is InChI=1S/C14H19NO3/c1-14(2,18)9-15-8-11-6-4-3-5-10(11)7-12(15)13(16)17/h3-6,12,18H,7-9H2,1-2H3,(H,16,17). The smallest absolute Gasteiger partial charge is 0.321 e. The number of fused-ring (bicyclic) bond motifs is 1. The number of nitrogens with zero attached hydrogens (tertiary/aromatic N) is 1. The Bertz CT molecular complexity index is 451. The van der Waals surface area contributed by atoms with Crippen LogP contribution < -0.4 is 0 Å². The first-order chi connectivity index (χ1) is 8.37. The second-order valence-corrected chi connectivity index (χ2v) is 5.54. The summed E-state index contributed by atoms with van der Waals surface area (Å²) in [7, 11) is 0. The highest BCUT2D eigenvalue weighted by molar-refractivity contribution is 5.74. The summed E-state index contributed by atoms with van der Waals surface area (Å²) in [6.07, 6.45) is 0.502. The Kier molecular flexibility index (Phi) is 3.41. The van der Waals surface area contributed by atoms with E-state index in [1.165, 1.54) is 0 Å². The quantitative estimate of drug-likeness (QED) is 0.847. The van der Waals surface area contributed by atoms with Crippen molar-refractivity contribution < 1.29 is 15.0 Å². The minimum Gasteiger partial charge on any atom is -0.480 e. The molecule has 4 nitrogen and oxygen atoms in total. The summed E-state index contributed by atoms with van der Waals surface area (Å²) in [5, 5.41) is 19.2. The van der Waals surface area contributed by atoms with Crippen LogP contribution >= 0.6 is 0 Å². The van der Waals surface area contributed by atoms with E-state index in [-0.39, 0.29) is 0 Å². The molecule has 0 amide bonds. The number of carboxylic acids is 1. The summed E-state index contributed by atoms with van der Waals surface area (Å²) >= 11 is 0. The molecule has 1 aliphatic heterocycles. The summed E-state index contributed by atoms with van der Waals surface area (Å²) in [5.41, 5.74) is 1.36. The second kappa shape index (κ2) is 4.71. The molecular weight excluding hydrogens is 230 g/mol. The Morgan fingerprint density at radius 1 is 1.39 bits per heavy atom. The van der Waals surface area contributed by atoms with Crippen LogP contribution in [0.4, 0.5) is 0 Å². The molecule has 0 saturated heterocycles. The van der Waals surface area contributed by atoms with Gasteiger partial charge in [0.1, 0.15) is 6.04 Å².